The van der Waals surface area contributed by atoms with Crippen molar-refractivity contribution in [2.24, 2.45) is 4.99 Å². The summed E-state index contributed by atoms with van der Waals surface area (Å²) >= 11 is 6.05. The van der Waals surface area contributed by atoms with Gasteiger partial charge < -0.3 is 15.0 Å². The zero-order valence-electron chi connectivity index (χ0n) is 14.8. The van der Waals surface area contributed by atoms with Crippen molar-refractivity contribution in [3.8, 4) is 0 Å². The Kier molecular flexibility index (Phi) is 8.36. The number of hydrogen-bond donors (Lipinski definition) is 1. The summed E-state index contributed by atoms with van der Waals surface area (Å²) in [6, 6.07) is 7.95. The summed E-state index contributed by atoms with van der Waals surface area (Å²) in [6.07, 6.45) is 2.34. The summed E-state index contributed by atoms with van der Waals surface area (Å²) in [5.41, 5.74) is 1.18. The van der Waals surface area contributed by atoms with Crippen LogP contribution >= 0.6 is 11.6 Å². The zero-order valence-corrected chi connectivity index (χ0v) is 15.6. The van der Waals surface area contributed by atoms with Gasteiger partial charge in [-0.2, -0.15) is 0 Å². The second-order valence-electron chi connectivity index (χ2n) is 6.12. The summed E-state index contributed by atoms with van der Waals surface area (Å²) in [4.78, 5) is 8.96. The van der Waals surface area contributed by atoms with Gasteiger partial charge in [-0.25, -0.2) is 0 Å². The number of halogens is 1. The van der Waals surface area contributed by atoms with Gasteiger partial charge in [-0.3, -0.25) is 9.89 Å². The third kappa shape index (κ3) is 6.67. The molecule has 1 saturated heterocycles. The van der Waals surface area contributed by atoms with E-state index in [0.717, 1.165) is 63.3 Å². The van der Waals surface area contributed by atoms with Gasteiger partial charge in [-0.15, -0.1) is 0 Å². The maximum Gasteiger partial charge on any atom is 0.193 e. The van der Waals surface area contributed by atoms with E-state index in [1.54, 1.807) is 0 Å². The molecular weight excluding hydrogens is 324 g/mol. The first-order valence-electron chi connectivity index (χ1n) is 8.65. The topological polar surface area (TPSA) is 40.1 Å². The molecule has 0 aliphatic carbocycles. The molecule has 0 unspecified atom stereocenters. The van der Waals surface area contributed by atoms with Crippen molar-refractivity contribution in [1.29, 1.82) is 0 Å². The second kappa shape index (κ2) is 10.5. The molecule has 1 aromatic rings. The molecule has 0 saturated carbocycles. The van der Waals surface area contributed by atoms with Gasteiger partial charge in [0.25, 0.3) is 0 Å². The summed E-state index contributed by atoms with van der Waals surface area (Å²) in [5, 5.41) is 4.21. The van der Waals surface area contributed by atoms with Gasteiger partial charge in [0.1, 0.15) is 0 Å². The predicted molar refractivity (Wildman–Crippen MR) is 101 cm³/mol. The van der Waals surface area contributed by atoms with Crippen molar-refractivity contribution < 1.29 is 4.74 Å². The Morgan fingerprint density at radius 3 is 2.83 bits per heavy atom. The van der Waals surface area contributed by atoms with E-state index >= 15 is 0 Å². The van der Waals surface area contributed by atoms with Gasteiger partial charge in [-0.05, 0) is 37.1 Å². The van der Waals surface area contributed by atoms with E-state index in [9.17, 15) is 0 Å². The Morgan fingerprint density at radius 1 is 1.33 bits per heavy atom. The molecule has 0 amide bonds. The lowest BCUT2D eigenvalue weighted by Gasteiger charge is -2.26. The van der Waals surface area contributed by atoms with Crippen LogP contribution in [0.1, 0.15) is 18.4 Å². The van der Waals surface area contributed by atoms with Crippen LogP contribution in [0.5, 0.6) is 0 Å². The molecule has 0 radical (unpaired) electrons. The van der Waals surface area contributed by atoms with Gasteiger partial charge in [0, 0.05) is 45.3 Å². The van der Waals surface area contributed by atoms with Gasteiger partial charge in [0.2, 0.25) is 0 Å². The van der Waals surface area contributed by atoms with Crippen LogP contribution in [-0.2, 0) is 11.3 Å². The largest absolute Gasteiger partial charge is 0.379 e. The van der Waals surface area contributed by atoms with Crippen LogP contribution in [0.25, 0.3) is 0 Å². The van der Waals surface area contributed by atoms with Crippen LogP contribution in [-0.4, -0.2) is 69.2 Å². The Morgan fingerprint density at radius 2 is 2.12 bits per heavy atom. The summed E-state index contributed by atoms with van der Waals surface area (Å²) in [6.45, 7) is 6.76. The number of benzene rings is 1. The molecule has 24 heavy (non-hydrogen) atoms. The van der Waals surface area contributed by atoms with E-state index in [4.69, 9.17) is 16.3 Å². The summed E-state index contributed by atoms with van der Waals surface area (Å²) in [5.74, 6) is 0.918. The Hall–Kier alpha value is -1.30. The smallest absolute Gasteiger partial charge is 0.193 e. The molecule has 1 fully saturated rings. The van der Waals surface area contributed by atoms with Crippen molar-refractivity contribution in [1.82, 2.24) is 15.1 Å². The monoisotopic (exact) mass is 352 g/mol. The van der Waals surface area contributed by atoms with Gasteiger partial charge in [0.05, 0.1) is 13.2 Å². The number of guanidine groups is 1. The Labute approximate surface area is 150 Å². The third-order valence-corrected chi connectivity index (χ3v) is 4.41. The molecule has 134 valence electrons. The normalized spacial score (nSPS) is 16.2. The average molecular weight is 353 g/mol. The van der Waals surface area contributed by atoms with Crippen molar-refractivity contribution >= 4 is 17.6 Å². The molecular formula is C18H29ClN4O. The highest BCUT2D eigenvalue weighted by atomic mass is 35.5. The Balaban J connectivity index is 1.65. The minimum Gasteiger partial charge on any atom is -0.379 e. The standard InChI is InChI=1S/C18H29ClN4O/c1-20-18(22(2)15-16-6-5-7-17(19)14-16)21-8-3-4-9-23-10-12-24-13-11-23/h5-7,14H,3-4,8-13,15H2,1-2H3,(H,20,21). The lowest BCUT2D eigenvalue weighted by Crippen LogP contribution is -2.39. The quantitative estimate of drug-likeness (QED) is 0.465. The van der Waals surface area contributed by atoms with E-state index in [0.29, 0.717) is 0 Å². The predicted octanol–water partition coefficient (Wildman–Crippen LogP) is 2.46. The minimum absolute atomic E-state index is 0.770. The van der Waals surface area contributed by atoms with E-state index in [-0.39, 0.29) is 0 Å². The molecule has 1 aliphatic heterocycles. The molecule has 0 atom stereocenters. The zero-order chi connectivity index (χ0) is 17.2. The number of nitrogens with one attached hydrogen (secondary N) is 1. The van der Waals surface area contributed by atoms with E-state index in [1.165, 1.54) is 12.0 Å². The van der Waals surface area contributed by atoms with Gasteiger partial charge in [0.15, 0.2) is 5.96 Å². The van der Waals surface area contributed by atoms with Crippen LogP contribution in [0, 0.1) is 0 Å². The van der Waals surface area contributed by atoms with E-state index < -0.39 is 0 Å². The molecule has 0 bridgehead atoms. The minimum atomic E-state index is 0.770. The first-order valence-corrected chi connectivity index (χ1v) is 9.03. The number of aliphatic imine (C=N–C) groups is 1. The lowest BCUT2D eigenvalue weighted by atomic mass is 10.2. The highest BCUT2D eigenvalue weighted by Gasteiger charge is 2.10. The van der Waals surface area contributed by atoms with E-state index in [2.05, 4.69) is 26.2 Å². The maximum atomic E-state index is 6.05. The summed E-state index contributed by atoms with van der Waals surface area (Å²) < 4.78 is 5.37. The SMILES string of the molecule is CN=C(NCCCCN1CCOCC1)N(C)Cc1cccc(Cl)c1. The molecule has 1 aliphatic rings. The molecule has 5 nitrogen and oxygen atoms in total. The molecule has 1 aromatic carbocycles. The highest BCUT2D eigenvalue weighted by molar-refractivity contribution is 6.30. The van der Waals surface area contributed by atoms with Crippen molar-refractivity contribution in [3.05, 3.63) is 34.9 Å². The molecule has 0 spiro atoms. The maximum absolute atomic E-state index is 6.05. The second-order valence-corrected chi connectivity index (χ2v) is 6.56. The van der Waals surface area contributed by atoms with Gasteiger partial charge in [-0.1, -0.05) is 23.7 Å². The molecule has 1 N–H and O–H groups in total. The van der Waals surface area contributed by atoms with Crippen molar-refractivity contribution in [2.45, 2.75) is 19.4 Å². The molecule has 6 heteroatoms. The number of nitrogens with zero attached hydrogens (tertiary/aromatic N) is 3. The fourth-order valence-electron chi connectivity index (χ4n) is 2.85. The van der Waals surface area contributed by atoms with Crippen LogP contribution in [0.15, 0.2) is 29.3 Å². The average Bonchev–Trinajstić information content (AvgIpc) is 2.59. The number of rotatable bonds is 7. The third-order valence-electron chi connectivity index (χ3n) is 4.17. The van der Waals surface area contributed by atoms with Crippen LogP contribution in [0.2, 0.25) is 5.02 Å². The number of hydrogen-bond acceptors (Lipinski definition) is 3. The number of ether oxygens (including phenoxy) is 1. The number of unbranched alkanes of at least 4 members (excludes halogenated alkanes) is 1. The van der Waals surface area contributed by atoms with Crippen molar-refractivity contribution in [3.63, 3.8) is 0 Å². The van der Waals surface area contributed by atoms with Crippen molar-refractivity contribution in [2.75, 3.05) is 53.5 Å². The van der Waals surface area contributed by atoms with Crippen LogP contribution in [0.3, 0.4) is 0 Å². The molecule has 2 rings (SSSR count). The fourth-order valence-corrected chi connectivity index (χ4v) is 3.07. The van der Waals surface area contributed by atoms with Crippen LogP contribution in [0.4, 0.5) is 0 Å². The fraction of sp³-hybridized carbons (Fsp3) is 0.611. The highest BCUT2D eigenvalue weighted by Crippen LogP contribution is 2.12. The Bertz CT molecular complexity index is 517. The molecule has 0 aromatic heterocycles. The van der Waals surface area contributed by atoms with Crippen LogP contribution < -0.4 is 5.32 Å². The first-order chi connectivity index (χ1) is 11.7. The van der Waals surface area contributed by atoms with Gasteiger partial charge >= 0.3 is 0 Å². The number of morpholine rings is 1. The lowest BCUT2D eigenvalue weighted by molar-refractivity contribution is 0.0372. The van der Waals surface area contributed by atoms with E-state index in [1.807, 2.05) is 32.3 Å². The molecule has 1 heterocycles. The summed E-state index contributed by atoms with van der Waals surface area (Å²) in [7, 11) is 3.87. The first kappa shape index (κ1) is 19.0.